The van der Waals surface area contributed by atoms with Crippen molar-refractivity contribution >= 4 is 41.9 Å². The largest absolute Gasteiger partial charge is 0.384 e. The zero-order valence-corrected chi connectivity index (χ0v) is 25.9. The molecule has 2 unspecified atom stereocenters. The summed E-state index contributed by atoms with van der Waals surface area (Å²) in [6, 6.07) is 13.3. The second-order valence-electron chi connectivity index (χ2n) is 11.6. The fourth-order valence-corrected chi connectivity index (χ4v) is 6.41. The van der Waals surface area contributed by atoms with Gasteiger partial charge in [0.1, 0.15) is 17.9 Å². The van der Waals surface area contributed by atoms with Gasteiger partial charge in [-0.2, -0.15) is 0 Å². The summed E-state index contributed by atoms with van der Waals surface area (Å²) in [7, 11) is 0. The molecule has 2 aromatic carbocycles. The average Bonchev–Trinajstić information content (AvgIpc) is 3.00. The maximum absolute atomic E-state index is 14.6. The molecule has 11 nitrogen and oxygen atoms in total. The molecule has 10 N–H and O–H groups in total. The van der Waals surface area contributed by atoms with Crippen LogP contribution >= 0.6 is 12.4 Å². The van der Waals surface area contributed by atoms with Crippen LogP contribution in [0.1, 0.15) is 73.2 Å². The Morgan fingerprint density at radius 3 is 2.30 bits per heavy atom. The minimum atomic E-state index is -0.929. The fourth-order valence-electron chi connectivity index (χ4n) is 6.41. The zero-order valence-electron chi connectivity index (χ0n) is 25.0. The standard InChI is InChI=1S/C32H44N8O3.ClH/c33-28(34)23-14-12-20(13-15-23)19-25(21-7-2-1-3-8-21)31(43)40-18-16-22-9-4-5-10-24(22)27(40)30(42)39-26(29(35)41)11-6-17-38-32(36)37;/h4-5,9-10,12-15,21,25-27H,1-3,6-8,11,16-19H2,(H3,33,34)(H2,35,41)(H,39,42)(H4,36,37,38);1H/t25?,26-,27?;/m0./s1. The van der Waals surface area contributed by atoms with Crippen LogP contribution in [0, 0.1) is 17.2 Å². The lowest BCUT2D eigenvalue weighted by Crippen LogP contribution is -2.53. The van der Waals surface area contributed by atoms with Crippen LogP contribution in [0.25, 0.3) is 0 Å². The Morgan fingerprint density at radius 1 is 0.977 bits per heavy atom. The van der Waals surface area contributed by atoms with Crippen LogP contribution in [0.3, 0.4) is 0 Å². The highest BCUT2D eigenvalue weighted by atomic mass is 35.5. The van der Waals surface area contributed by atoms with Crippen molar-refractivity contribution in [3.05, 3.63) is 70.8 Å². The SMILES string of the molecule is Cl.N=C(N)c1ccc(CC(C(=O)N2CCc3ccccc3C2C(=O)N[C@@H](CCCN=C(N)N)C(N)=O)C2CCCCC2)cc1. The van der Waals surface area contributed by atoms with Crippen molar-refractivity contribution in [2.75, 3.05) is 13.1 Å². The number of guanidine groups is 1. The number of rotatable bonds is 12. The van der Waals surface area contributed by atoms with Crippen molar-refractivity contribution in [2.45, 2.75) is 69.9 Å². The van der Waals surface area contributed by atoms with E-state index >= 15 is 0 Å². The molecule has 1 saturated carbocycles. The third-order valence-electron chi connectivity index (χ3n) is 8.68. The smallest absolute Gasteiger partial charge is 0.248 e. The molecule has 44 heavy (non-hydrogen) atoms. The predicted octanol–water partition coefficient (Wildman–Crippen LogP) is 2.28. The summed E-state index contributed by atoms with van der Waals surface area (Å²) in [6.45, 7) is 0.696. The van der Waals surface area contributed by atoms with E-state index in [-0.39, 0.29) is 48.4 Å². The quantitative estimate of drug-likeness (QED) is 0.118. The van der Waals surface area contributed by atoms with Crippen LogP contribution in [0.15, 0.2) is 53.5 Å². The highest BCUT2D eigenvalue weighted by Crippen LogP contribution is 2.37. The first-order valence-electron chi connectivity index (χ1n) is 15.1. The van der Waals surface area contributed by atoms with Gasteiger partial charge in [-0.3, -0.25) is 24.8 Å². The number of carbonyl (C=O) groups is 3. The molecule has 0 bridgehead atoms. The molecule has 0 aromatic heterocycles. The lowest BCUT2D eigenvalue weighted by molar-refractivity contribution is -0.147. The number of nitrogen functional groups attached to an aromatic ring is 1. The molecule has 2 aliphatic rings. The molecule has 0 saturated heterocycles. The lowest BCUT2D eigenvalue weighted by atomic mass is 9.76. The van der Waals surface area contributed by atoms with E-state index in [1.807, 2.05) is 48.5 Å². The van der Waals surface area contributed by atoms with Crippen LogP contribution < -0.4 is 28.3 Å². The van der Waals surface area contributed by atoms with E-state index in [2.05, 4.69) is 10.3 Å². The van der Waals surface area contributed by atoms with Gasteiger partial charge >= 0.3 is 0 Å². The summed E-state index contributed by atoms with van der Waals surface area (Å²) in [5, 5.41) is 10.5. The van der Waals surface area contributed by atoms with E-state index in [1.54, 1.807) is 4.90 Å². The van der Waals surface area contributed by atoms with Gasteiger partial charge < -0.3 is 33.2 Å². The molecule has 4 rings (SSSR count). The Bertz CT molecular complexity index is 1340. The van der Waals surface area contributed by atoms with Crippen LogP contribution in [0.5, 0.6) is 0 Å². The van der Waals surface area contributed by atoms with Crippen LogP contribution in [0.4, 0.5) is 0 Å². The third-order valence-corrected chi connectivity index (χ3v) is 8.68. The van der Waals surface area contributed by atoms with Gasteiger partial charge in [0.15, 0.2) is 5.96 Å². The molecular weight excluding hydrogens is 580 g/mol. The number of carbonyl (C=O) groups excluding carboxylic acids is 3. The van der Waals surface area contributed by atoms with Crippen molar-refractivity contribution in [3.8, 4) is 0 Å². The molecule has 0 spiro atoms. The number of amides is 3. The van der Waals surface area contributed by atoms with E-state index < -0.39 is 23.9 Å². The van der Waals surface area contributed by atoms with Crippen molar-refractivity contribution in [2.24, 2.45) is 39.8 Å². The van der Waals surface area contributed by atoms with Crippen LogP contribution in [-0.4, -0.2) is 53.5 Å². The summed E-state index contributed by atoms with van der Waals surface area (Å²) in [5.41, 5.74) is 25.5. The van der Waals surface area contributed by atoms with Gasteiger partial charge in [0.05, 0.1) is 0 Å². The van der Waals surface area contributed by atoms with E-state index in [4.69, 9.17) is 28.3 Å². The molecule has 1 heterocycles. The van der Waals surface area contributed by atoms with E-state index in [9.17, 15) is 14.4 Å². The summed E-state index contributed by atoms with van der Waals surface area (Å²) in [4.78, 5) is 46.5. The van der Waals surface area contributed by atoms with Gasteiger partial charge in [-0.1, -0.05) is 67.8 Å². The first-order valence-corrected chi connectivity index (χ1v) is 15.1. The first-order chi connectivity index (χ1) is 20.7. The lowest BCUT2D eigenvalue weighted by Gasteiger charge is -2.41. The van der Waals surface area contributed by atoms with Crippen LogP contribution in [-0.2, 0) is 27.2 Å². The number of nitrogens with one attached hydrogen (secondary N) is 2. The summed E-state index contributed by atoms with van der Waals surface area (Å²) in [5.74, 6) is -1.30. The number of hydrogen-bond acceptors (Lipinski definition) is 5. The number of fused-ring (bicyclic) bond motifs is 1. The number of halogens is 1. The molecule has 3 amide bonds. The third kappa shape index (κ3) is 8.72. The highest BCUT2D eigenvalue weighted by Gasteiger charge is 2.41. The topological polar surface area (TPSA) is 207 Å². The van der Waals surface area contributed by atoms with Gasteiger partial charge in [0, 0.05) is 24.6 Å². The molecule has 1 aliphatic heterocycles. The van der Waals surface area contributed by atoms with Gasteiger partial charge in [-0.05, 0) is 61.1 Å². The van der Waals surface area contributed by atoms with Gasteiger partial charge in [-0.25, -0.2) is 0 Å². The molecule has 2 aromatic rings. The molecule has 1 fully saturated rings. The maximum atomic E-state index is 14.6. The Morgan fingerprint density at radius 2 is 1.66 bits per heavy atom. The second kappa shape index (κ2) is 16.1. The average molecular weight is 625 g/mol. The number of amidine groups is 1. The Hall–Kier alpha value is -4.12. The number of nitrogens with zero attached hydrogens (tertiary/aromatic N) is 2. The molecule has 1 aliphatic carbocycles. The number of aliphatic imine (C=N–C) groups is 1. The molecule has 0 radical (unpaired) electrons. The molecule has 238 valence electrons. The maximum Gasteiger partial charge on any atom is 0.248 e. The van der Waals surface area contributed by atoms with Gasteiger partial charge in [-0.15, -0.1) is 12.4 Å². The number of hydrogen-bond donors (Lipinski definition) is 6. The summed E-state index contributed by atoms with van der Waals surface area (Å²) in [6.07, 6.45) is 7.10. The zero-order chi connectivity index (χ0) is 30.9. The molecule has 3 atom stereocenters. The van der Waals surface area contributed by atoms with E-state index in [0.717, 1.165) is 48.8 Å². The van der Waals surface area contributed by atoms with Crippen LogP contribution in [0.2, 0.25) is 0 Å². The summed E-state index contributed by atoms with van der Waals surface area (Å²) < 4.78 is 0. The van der Waals surface area contributed by atoms with Gasteiger partial charge in [0.25, 0.3) is 0 Å². The van der Waals surface area contributed by atoms with E-state index in [1.165, 1.54) is 0 Å². The monoisotopic (exact) mass is 624 g/mol. The fraction of sp³-hybridized carbons (Fsp3) is 0.469. The Balaban J connectivity index is 0.00000529. The van der Waals surface area contributed by atoms with Crippen molar-refractivity contribution in [1.29, 1.82) is 5.41 Å². The second-order valence-corrected chi connectivity index (χ2v) is 11.6. The highest BCUT2D eigenvalue weighted by molar-refractivity contribution is 5.95. The van der Waals surface area contributed by atoms with Crippen molar-refractivity contribution in [3.63, 3.8) is 0 Å². The van der Waals surface area contributed by atoms with Crippen molar-refractivity contribution < 1.29 is 14.4 Å². The summed E-state index contributed by atoms with van der Waals surface area (Å²) >= 11 is 0. The number of nitrogens with two attached hydrogens (primary N) is 4. The number of benzene rings is 2. The normalized spacial score (nSPS) is 17.7. The first kappa shape index (κ1) is 34.4. The molecular formula is C32H45ClN8O3. The Labute approximate surface area is 265 Å². The van der Waals surface area contributed by atoms with E-state index in [0.29, 0.717) is 37.9 Å². The number of primary amides is 1. The molecule has 12 heteroatoms. The Kier molecular flexibility index (Phi) is 12.6. The van der Waals surface area contributed by atoms with Gasteiger partial charge in [0.2, 0.25) is 17.7 Å². The van der Waals surface area contributed by atoms with Crippen molar-refractivity contribution in [1.82, 2.24) is 10.2 Å². The predicted molar refractivity (Wildman–Crippen MR) is 174 cm³/mol. The minimum absolute atomic E-state index is 0. The minimum Gasteiger partial charge on any atom is -0.384 e.